The summed E-state index contributed by atoms with van der Waals surface area (Å²) in [6, 6.07) is 8.79. The van der Waals surface area contributed by atoms with E-state index in [1.54, 1.807) is 0 Å². The molecule has 0 heterocycles. The van der Waals surface area contributed by atoms with Crippen molar-refractivity contribution in [2.24, 2.45) is 0 Å². The number of rotatable bonds is 12. The summed E-state index contributed by atoms with van der Waals surface area (Å²) in [7, 11) is 0. The van der Waals surface area contributed by atoms with Crippen LogP contribution in [0, 0.1) is 0 Å². The lowest BCUT2D eigenvalue weighted by molar-refractivity contribution is 0.556. The predicted octanol–water partition coefficient (Wildman–Crippen LogP) is 7.62. The maximum Gasteiger partial charge on any atom is 0.0638 e. The van der Waals surface area contributed by atoms with E-state index in [0.717, 1.165) is 0 Å². The molecule has 0 nitrogen and oxygen atoms in total. The highest BCUT2D eigenvalue weighted by Gasteiger charge is 2.16. The van der Waals surface area contributed by atoms with E-state index in [1.807, 2.05) is 0 Å². The zero-order valence-electron chi connectivity index (χ0n) is 15.0. The first-order chi connectivity index (χ1) is 10.5. The summed E-state index contributed by atoms with van der Waals surface area (Å²) in [6.07, 6.45) is 15.2. The Balaban J connectivity index is 2.08. The molecule has 126 valence electrons. The lowest BCUT2D eigenvalue weighted by Crippen LogP contribution is -2.07. The molecule has 0 atom stereocenters. The van der Waals surface area contributed by atoms with Crippen molar-refractivity contribution < 1.29 is 0 Å². The van der Waals surface area contributed by atoms with Crippen molar-refractivity contribution in [1.82, 2.24) is 0 Å². The fourth-order valence-corrected chi connectivity index (χ4v) is 3.03. The first-order valence-corrected chi connectivity index (χ1v) is 9.70. The van der Waals surface area contributed by atoms with E-state index in [0.29, 0.717) is 0 Å². The highest BCUT2D eigenvalue weighted by atomic mass is 35.5. The summed E-state index contributed by atoms with van der Waals surface area (Å²) in [4.78, 5) is -0.256. The smallest absolute Gasteiger partial charge is 0.0638 e. The molecule has 0 saturated heterocycles. The minimum absolute atomic E-state index is 0.256. The lowest BCUT2D eigenvalue weighted by atomic mass is 9.97. The summed E-state index contributed by atoms with van der Waals surface area (Å²) in [6.45, 7) is 6.41. The van der Waals surface area contributed by atoms with E-state index in [9.17, 15) is 0 Å². The van der Waals surface area contributed by atoms with Crippen LogP contribution in [0.1, 0.15) is 96.1 Å². The number of hydrogen-bond acceptors (Lipinski definition) is 0. The molecule has 0 amide bonds. The number of unbranched alkanes of at least 4 members (excludes halogenated alkanes) is 9. The molecule has 1 aromatic carbocycles. The van der Waals surface area contributed by atoms with Crippen molar-refractivity contribution in [3.8, 4) is 0 Å². The van der Waals surface area contributed by atoms with E-state index in [4.69, 9.17) is 11.6 Å². The number of benzene rings is 1. The third kappa shape index (κ3) is 8.83. The van der Waals surface area contributed by atoms with Gasteiger partial charge in [-0.05, 0) is 37.8 Å². The predicted molar refractivity (Wildman–Crippen MR) is 101 cm³/mol. The van der Waals surface area contributed by atoms with Crippen LogP contribution in [-0.2, 0) is 11.3 Å². The number of aryl methyl sites for hydroxylation is 1. The standard InChI is InChI=1S/C21H35Cl/c1-4-5-6-7-8-9-10-11-12-13-15-19-16-14-17-20(18-19)21(2,3)22/h14,16-18H,4-13,15H2,1-3H3. The van der Waals surface area contributed by atoms with Crippen LogP contribution in [0.5, 0.6) is 0 Å². The summed E-state index contributed by atoms with van der Waals surface area (Å²) in [5.74, 6) is 0. The summed E-state index contributed by atoms with van der Waals surface area (Å²) in [5.41, 5.74) is 2.67. The molecule has 0 bridgehead atoms. The molecule has 1 heteroatoms. The average molecular weight is 323 g/mol. The lowest BCUT2D eigenvalue weighted by Gasteiger charge is -2.17. The van der Waals surface area contributed by atoms with E-state index < -0.39 is 0 Å². The molecule has 0 aliphatic heterocycles. The van der Waals surface area contributed by atoms with Gasteiger partial charge in [-0.25, -0.2) is 0 Å². The van der Waals surface area contributed by atoms with Crippen molar-refractivity contribution in [3.63, 3.8) is 0 Å². The van der Waals surface area contributed by atoms with Crippen LogP contribution in [0.2, 0.25) is 0 Å². The van der Waals surface area contributed by atoms with E-state index >= 15 is 0 Å². The molecule has 0 unspecified atom stereocenters. The molecule has 0 N–H and O–H groups in total. The van der Waals surface area contributed by atoms with Gasteiger partial charge in [-0.3, -0.25) is 0 Å². The highest BCUT2D eigenvalue weighted by Crippen LogP contribution is 2.28. The van der Waals surface area contributed by atoms with Gasteiger partial charge >= 0.3 is 0 Å². The Kier molecular flexibility index (Phi) is 9.87. The number of halogens is 1. The van der Waals surface area contributed by atoms with E-state index in [2.05, 4.69) is 45.0 Å². The topological polar surface area (TPSA) is 0 Å². The van der Waals surface area contributed by atoms with Gasteiger partial charge in [-0.15, -0.1) is 11.6 Å². The Morgan fingerprint density at radius 3 is 1.91 bits per heavy atom. The maximum atomic E-state index is 6.39. The second-order valence-corrected chi connectivity index (χ2v) is 8.05. The van der Waals surface area contributed by atoms with Gasteiger partial charge in [0, 0.05) is 0 Å². The molecule has 0 aromatic heterocycles. The van der Waals surface area contributed by atoms with Gasteiger partial charge in [-0.1, -0.05) is 89.0 Å². The summed E-state index contributed by atoms with van der Waals surface area (Å²) < 4.78 is 0. The Labute approximate surface area is 143 Å². The van der Waals surface area contributed by atoms with Gasteiger partial charge in [-0.2, -0.15) is 0 Å². The van der Waals surface area contributed by atoms with E-state index in [1.165, 1.54) is 81.8 Å². The van der Waals surface area contributed by atoms with Crippen molar-refractivity contribution >= 4 is 11.6 Å². The fraction of sp³-hybridized carbons (Fsp3) is 0.714. The molecule has 1 rings (SSSR count). The highest BCUT2D eigenvalue weighted by molar-refractivity contribution is 6.23. The van der Waals surface area contributed by atoms with Crippen LogP contribution >= 0.6 is 11.6 Å². The Hall–Kier alpha value is -0.490. The molecule has 0 fully saturated rings. The van der Waals surface area contributed by atoms with Gasteiger partial charge in [0.15, 0.2) is 0 Å². The average Bonchev–Trinajstić information content (AvgIpc) is 2.49. The van der Waals surface area contributed by atoms with Gasteiger partial charge in [0.1, 0.15) is 0 Å². The minimum atomic E-state index is -0.256. The van der Waals surface area contributed by atoms with Crippen molar-refractivity contribution in [3.05, 3.63) is 35.4 Å². The van der Waals surface area contributed by atoms with Crippen molar-refractivity contribution in [1.29, 1.82) is 0 Å². The monoisotopic (exact) mass is 322 g/mol. The maximum absolute atomic E-state index is 6.39. The van der Waals surface area contributed by atoms with E-state index in [-0.39, 0.29) is 4.87 Å². The molecule has 0 spiro atoms. The van der Waals surface area contributed by atoms with Crippen LogP contribution in [0.25, 0.3) is 0 Å². The Morgan fingerprint density at radius 2 is 1.36 bits per heavy atom. The third-order valence-corrected chi connectivity index (χ3v) is 4.65. The number of hydrogen-bond donors (Lipinski definition) is 0. The second-order valence-electron chi connectivity index (χ2n) is 7.10. The molecular weight excluding hydrogens is 288 g/mol. The van der Waals surface area contributed by atoms with Crippen molar-refractivity contribution in [2.45, 2.75) is 96.3 Å². The van der Waals surface area contributed by atoms with Crippen LogP contribution in [0.4, 0.5) is 0 Å². The zero-order chi connectivity index (χ0) is 16.3. The molecular formula is C21H35Cl. The molecule has 0 saturated carbocycles. The molecule has 1 aromatic rings. The Bertz CT molecular complexity index is 389. The van der Waals surface area contributed by atoms with Crippen LogP contribution in [0.15, 0.2) is 24.3 Å². The Morgan fingerprint density at radius 1 is 0.818 bits per heavy atom. The number of alkyl halides is 1. The zero-order valence-corrected chi connectivity index (χ0v) is 15.7. The van der Waals surface area contributed by atoms with Gasteiger partial charge in [0.05, 0.1) is 4.87 Å². The van der Waals surface area contributed by atoms with Crippen molar-refractivity contribution in [2.75, 3.05) is 0 Å². The van der Waals surface area contributed by atoms with Gasteiger partial charge in [0.2, 0.25) is 0 Å². The normalized spacial score (nSPS) is 11.8. The first kappa shape index (κ1) is 19.6. The molecule has 0 aliphatic rings. The SMILES string of the molecule is CCCCCCCCCCCCc1cccc(C(C)(C)Cl)c1. The second kappa shape index (κ2) is 11.1. The first-order valence-electron chi connectivity index (χ1n) is 9.32. The fourth-order valence-electron chi connectivity index (χ4n) is 2.91. The van der Waals surface area contributed by atoms with Crippen LogP contribution in [0.3, 0.4) is 0 Å². The molecule has 0 aliphatic carbocycles. The van der Waals surface area contributed by atoms with Crippen LogP contribution < -0.4 is 0 Å². The van der Waals surface area contributed by atoms with Gasteiger partial charge < -0.3 is 0 Å². The summed E-state index contributed by atoms with van der Waals surface area (Å²) in [5, 5.41) is 0. The molecule has 0 radical (unpaired) electrons. The molecule has 22 heavy (non-hydrogen) atoms. The largest absolute Gasteiger partial charge is 0.115 e. The minimum Gasteiger partial charge on any atom is -0.115 e. The van der Waals surface area contributed by atoms with Crippen LogP contribution in [-0.4, -0.2) is 0 Å². The third-order valence-electron chi connectivity index (χ3n) is 4.43. The van der Waals surface area contributed by atoms with Gasteiger partial charge in [0.25, 0.3) is 0 Å². The summed E-state index contributed by atoms with van der Waals surface area (Å²) >= 11 is 6.39. The quantitative estimate of drug-likeness (QED) is 0.274.